The summed E-state index contributed by atoms with van der Waals surface area (Å²) in [6, 6.07) is 4.64. The van der Waals surface area contributed by atoms with E-state index >= 15 is 0 Å². The van der Waals surface area contributed by atoms with Gasteiger partial charge in [0.2, 0.25) is 0 Å². The van der Waals surface area contributed by atoms with Crippen LogP contribution < -0.4 is 5.32 Å². The second kappa shape index (κ2) is 3.18. The topological polar surface area (TPSA) is 25.2 Å². The van der Waals surface area contributed by atoms with Crippen LogP contribution in [0.1, 0.15) is 32.4 Å². The van der Waals surface area contributed by atoms with Gasteiger partial charge in [0.15, 0.2) is 0 Å². The van der Waals surface area contributed by atoms with Gasteiger partial charge in [-0.3, -0.25) is 0 Å². The number of hydrogen-bond donors (Lipinski definition) is 1. The average molecular weight is 179 g/mol. The number of rotatable bonds is 2. The van der Waals surface area contributed by atoms with Crippen LogP contribution in [0.15, 0.2) is 22.8 Å². The van der Waals surface area contributed by atoms with E-state index in [0.29, 0.717) is 6.04 Å². The lowest BCUT2D eigenvalue weighted by Crippen LogP contribution is -2.36. The molecule has 1 saturated heterocycles. The number of hydrogen-bond acceptors (Lipinski definition) is 2. The van der Waals surface area contributed by atoms with Crippen molar-refractivity contribution in [2.75, 3.05) is 6.54 Å². The summed E-state index contributed by atoms with van der Waals surface area (Å²) in [7, 11) is 0. The minimum atomic E-state index is 0.207. The maximum Gasteiger partial charge on any atom is 0.111 e. The van der Waals surface area contributed by atoms with E-state index in [-0.39, 0.29) is 5.41 Å². The monoisotopic (exact) mass is 179 g/mol. The first-order chi connectivity index (χ1) is 6.27. The van der Waals surface area contributed by atoms with Crippen molar-refractivity contribution in [1.29, 1.82) is 0 Å². The van der Waals surface area contributed by atoms with Gasteiger partial charge in [0.25, 0.3) is 0 Å². The van der Waals surface area contributed by atoms with Crippen molar-refractivity contribution in [3.8, 4) is 0 Å². The molecule has 2 rings (SSSR count). The highest BCUT2D eigenvalue weighted by atomic mass is 16.3. The third-order valence-corrected chi connectivity index (χ3v) is 3.30. The molecule has 0 bridgehead atoms. The molecule has 1 aliphatic heterocycles. The lowest BCUT2D eigenvalue weighted by atomic mass is 9.79. The third kappa shape index (κ3) is 1.29. The van der Waals surface area contributed by atoms with Crippen molar-refractivity contribution < 1.29 is 4.42 Å². The van der Waals surface area contributed by atoms with Crippen molar-refractivity contribution >= 4 is 0 Å². The molecule has 1 aromatic heterocycles. The van der Waals surface area contributed by atoms with E-state index in [9.17, 15) is 0 Å². The van der Waals surface area contributed by atoms with Crippen LogP contribution in [0.25, 0.3) is 0 Å². The molecule has 2 nitrogen and oxygen atoms in total. The Morgan fingerprint density at radius 1 is 1.69 bits per heavy atom. The van der Waals surface area contributed by atoms with Gasteiger partial charge in [0.1, 0.15) is 5.76 Å². The zero-order valence-corrected chi connectivity index (χ0v) is 8.34. The predicted molar refractivity (Wildman–Crippen MR) is 52.8 cm³/mol. The smallest absolute Gasteiger partial charge is 0.111 e. The second-order valence-corrected chi connectivity index (χ2v) is 4.06. The van der Waals surface area contributed by atoms with Gasteiger partial charge in [-0.05, 0) is 31.5 Å². The molecule has 13 heavy (non-hydrogen) atoms. The molecule has 2 heteroatoms. The minimum absolute atomic E-state index is 0.207. The van der Waals surface area contributed by atoms with Gasteiger partial charge in [-0.2, -0.15) is 0 Å². The fourth-order valence-corrected chi connectivity index (χ4v) is 2.40. The maximum atomic E-state index is 5.51. The highest BCUT2D eigenvalue weighted by molar-refractivity contribution is 5.19. The average Bonchev–Trinajstić information content (AvgIpc) is 2.72. The Balaban J connectivity index is 2.29. The molecule has 1 fully saturated rings. The highest BCUT2D eigenvalue weighted by Gasteiger charge is 2.40. The lowest BCUT2D eigenvalue weighted by Gasteiger charge is -2.28. The maximum absolute atomic E-state index is 5.51. The molecule has 1 N–H and O–H groups in total. The van der Waals surface area contributed by atoms with Crippen molar-refractivity contribution in [2.24, 2.45) is 0 Å². The van der Waals surface area contributed by atoms with Crippen LogP contribution in [-0.4, -0.2) is 12.6 Å². The van der Waals surface area contributed by atoms with Gasteiger partial charge in [-0.15, -0.1) is 0 Å². The molecule has 1 aromatic rings. The Hall–Kier alpha value is -0.760. The second-order valence-electron chi connectivity index (χ2n) is 4.06. The largest absolute Gasteiger partial charge is 0.469 e. The van der Waals surface area contributed by atoms with Crippen molar-refractivity contribution in [3.63, 3.8) is 0 Å². The molecule has 1 aliphatic rings. The van der Waals surface area contributed by atoms with Gasteiger partial charge < -0.3 is 9.73 Å². The Bertz CT molecular complexity index is 268. The number of furan rings is 1. The van der Waals surface area contributed by atoms with Crippen LogP contribution in [0, 0.1) is 0 Å². The Morgan fingerprint density at radius 2 is 2.54 bits per heavy atom. The van der Waals surface area contributed by atoms with Gasteiger partial charge in [0, 0.05) is 11.5 Å². The standard InChI is InChI=1S/C11H17NO/c1-3-9-11(2,6-7-12-9)10-5-4-8-13-10/h4-5,8-9,12H,3,6-7H2,1-2H3. The Morgan fingerprint density at radius 3 is 3.15 bits per heavy atom. The van der Waals surface area contributed by atoms with Crippen LogP contribution in [0.5, 0.6) is 0 Å². The third-order valence-electron chi connectivity index (χ3n) is 3.30. The van der Waals surface area contributed by atoms with Gasteiger partial charge >= 0.3 is 0 Å². The molecule has 0 radical (unpaired) electrons. The SMILES string of the molecule is CCC1NCCC1(C)c1ccco1. The van der Waals surface area contributed by atoms with Crippen LogP contribution in [0.2, 0.25) is 0 Å². The van der Waals surface area contributed by atoms with E-state index in [1.165, 1.54) is 6.42 Å². The molecule has 0 spiro atoms. The van der Waals surface area contributed by atoms with Crippen molar-refractivity contribution in [3.05, 3.63) is 24.2 Å². The van der Waals surface area contributed by atoms with E-state index in [2.05, 4.69) is 25.2 Å². The van der Waals surface area contributed by atoms with Crippen molar-refractivity contribution in [2.45, 2.75) is 38.1 Å². The molecule has 0 aromatic carbocycles. The molecule has 0 aliphatic carbocycles. The molecule has 2 unspecified atom stereocenters. The highest BCUT2D eigenvalue weighted by Crippen LogP contribution is 2.36. The normalized spacial score (nSPS) is 33.8. The van der Waals surface area contributed by atoms with E-state index in [0.717, 1.165) is 18.7 Å². The van der Waals surface area contributed by atoms with E-state index in [4.69, 9.17) is 4.42 Å². The zero-order chi connectivity index (χ0) is 9.31. The summed E-state index contributed by atoms with van der Waals surface area (Å²) in [5.41, 5.74) is 0.207. The lowest BCUT2D eigenvalue weighted by molar-refractivity contribution is 0.317. The molecule has 2 atom stereocenters. The first kappa shape index (κ1) is 8.82. The fourth-order valence-electron chi connectivity index (χ4n) is 2.40. The van der Waals surface area contributed by atoms with Crippen LogP contribution in [-0.2, 0) is 5.41 Å². The summed E-state index contributed by atoms with van der Waals surface area (Å²) in [4.78, 5) is 0. The Labute approximate surface area is 79.3 Å². The van der Waals surface area contributed by atoms with Crippen LogP contribution in [0.4, 0.5) is 0 Å². The summed E-state index contributed by atoms with van der Waals surface area (Å²) in [5.74, 6) is 1.13. The summed E-state index contributed by atoms with van der Waals surface area (Å²) >= 11 is 0. The van der Waals surface area contributed by atoms with Gasteiger partial charge in [-0.1, -0.05) is 13.8 Å². The minimum Gasteiger partial charge on any atom is -0.469 e. The summed E-state index contributed by atoms with van der Waals surface area (Å²) in [5, 5.41) is 3.53. The van der Waals surface area contributed by atoms with E-state index in [1.54, 1.807) is 6.26 Å². The zero-order valence-electron chi connectivity index (χ0n) is 8.34. The van der Waals surface area contributed by atoms with E-state index < -0.39 is 0 Å². The number of nitrogens with one attached hydrogen (secondary N) is 1. The molecule has 2 heterocycles. The molecule has 72 valence electrons. The summed E-state index contributed by atoms with van der Waals surface area (Å²) in [6.07, 6.45) is 4.11. The fraction of sp³-hybridized carbons (Fsp3) is 0.636. The Kier molecular flexibility index (Phi) is 2.16. The summed E-state index contributed by atoms with van der Waals surface area (Å²) in [6.45, 7) is 5.62. The first-order valence-corrected chi connectivity index (χ1v) is 5.04. The molecule has 0 saturated carbocycles. The first-order valence-electron chi connectivity index (χ1n) is 5.04. The van der Waals surface area contributed by atoms with Crippen molar-refractivity contribution in [1.82, 2.24) is 5.32 Å². The summed E-state index contributed by atoms with van der Waals surface area (Å²) < 4.78 is 5.51. The van der Waals surface area contributed by atoms with Crippen LogP contribution >= 0.6 is 0 Å². The van der Waals surface area contributed by atoms with Gasteiger partial charge in [-0.25, -0.2) is 0 Å². The molecular weight excluding hydrogens is 162 g/mol. The van der Waals surface area contributed by atoms with Crippen LogP contribution in [0.3, 0.4) is 0 Å². The quantitative estimate of drug-likeness (QED) is 0.753. The van der Waals surface area contributed by atoms with Gasteiger partial charge in [0.05, 0.1) is 6.26 Å². The molecular formula is C11H17NO. The van der Waals surface area contributed by atoms with E-state index in [1.807, 2.05) is 6.07 Å². The predicted octanol–water partition coefficient (Wildman–Crippen LogP) is 2.31. The molecule has 0 amide bonds.